The van der Waals surface area contributed by atoms with Gasteiger partial charge in [0.15, 0.2) is 12.2 Å². The maximum absolute atomic E-state index is 13.0. The lowest BCUT2D eigenvalue weighted by Crippen LogP contribution is -2.30. The quantitative estimate of drug-likeness (QED) is 0.0222. The van der Waals surface area contributed by atoms with Crippen molar-refractivity contribution in [2.45, 2.75) is 368 Å². The minimum atomic E-state index is -4.95. The van der Waals surface area contributed by atoms with E-state index in [2.05, 4.69) is 34.6 Å². The molecule has 5 atom stereocenters. The summed E-state index contributed by atoms with van der Waals surface area (Å²) in [7, 11) is -9.89. The molecule has 0 heterocycles. The van der Waals surface area contributed by atoms with Gasteiger partial charge in [-0.2, -0.15) is 0 Å². The molecule has 0 saturated carbocycles. The Kier molecular flexibility index (Phi) is 60.2. The fourth-order valence-corrected chi connectivity index (χ4v) is 11.9. The number of phosphoric acid groups is 2. The normalized spacial score (nSPS) is 14.1. The van der Waals surface area contributed by atoms with E-state index in [4.69, 9.17) is 37.0 Å². The molecule has 0 aromatic rings. The Balaban J connectivity index is 5.25. The maximum Gasteiger partial charge on any atom is 0.472 e. The molecule has 0 bridgehead atoms. The van der Waals surface area contributed by atoms with Crippen molar-refractivity contribution in [3.8, 4) is 0 Å². The Hall–Kier alpha value is -1.94. The van der Waals surface area contributed by atoms with Crippen molar-refractivity contribution in [1.29, 1.82) is 0 Å². The molecule has 17 nitrogen and oxygen atoms in total. The number of phosphoric ester groups is 2. The van der Waals surface area contributed by atoms with Crippen LogP contribution in [0.3, 0.4) is 0 Å². The third-order valence-corrected chi connectivity index (χ3v) is 17.7. The molecule has 0 spiro atoms. The zero-order valence-electron chi connectivity index (χ0n) is 56.2. The van der Waals surface area contributed by atoms with Crippen molar-refractivity contribution >= 4 is 39.5 Å². The van der Waals surface area contributed by atoms with Gasteiger partial charge in [0.25, 0.3) is 0 Å². The number of ether oxygens (including phenoxy) is 4. The van der Waals surface area contributed by atoms with Crippen LogP contribution in [0.1, 0.15) is 349 Å². The van der Waals surface area contributed by atoms with Crippen LogP contribution in [-0.2, 0) is 65.4 Å². The molecule has 2 unspecified atom stereocenters. The number of hydrogen-bond donors (Lipinski definition) is 3. The molecule has 516 valence electrons. The van der Waals surface area contributed by atoms with E-state index in [9.17, 15) is 43.2 Å². The smallest absolute Gasteiger partial charge is 0.462 e. The molecule has 0 aromatic heterocycles. The van der Waals surface area contributed by atoms with Crippen LogP contribution in [0.4, 0.5) is 0 Å². The molecule has 3 N–H and O–H groups in total. The van der Waals surface area contributed by atoms with Gasteiger partial charge < -0.3 is 33.8 Å². The molecule has 0 saturated heterocycles. The van der Waals surface area contributed by atoms with Crippen LogP contribution in [0.5, 0.6) is 0 Å². The summed E-state index contributed by atoms with van der Waals surface area (Å²) < 4.78 is 68.2. The molecule has 19 heteroatoms. The molecule has 0 radical (unpaired) electrons. The second-order valence-electron chi connectivity index (χ2n) is 25.0. The predicted octanol–water partition coefficient (Wildman–Crippen LogP) is 19.4. The Morgan fingerprint density at radius 1 is 0.310 bits per heavy atom. The summed E-state index contributed by atoms with van der Waals surface area (Å²) in [5.74, 6) is -1.38. The Bertz CT molecular complexity index is 1690. The second kappa shape index (κ2) is 61.6. The highest BCUT2D eigenvalue weighted by Gasteiger charge is 2.30. The number of unbranched alkanes of at least 4 members (excludes halogenated alkanes) is 40. The SMILES string of the molecule is CCCCCCCCCCCCCCCC(=O)O[C@H](COC(=O)CCCCCCCCCCCC(C)C)COP(=O)(O)OC[C@@H](O)COP(=O)(O)OC[C@@H](COC(=O)CCCCCCCCCCCC)OC(=O)CCCCCCCCCCCCCC. The topological polar surface area (TPSA) is 237 Å². The summed E-state index contributed by atoms with van der Waals surface area (Å²) in [6.45, 7) is 7.21. The van der Waals surface area contributed by atoms with E-state index in [1.807, 2.05) is 0 Å². The van der Waals surface area contributed by atoms with Crippen LogP contribution >= 0.6 is 15.6 Å². The van der Waals surface area contributed by atoms with Gasteiger partial charge in [0.1, 0.15) is 19.3 Å². The summed E-state index contributed by atoms with van der Waals surface area (Å²) in [4.78, 5) is 72.4. The summed E-state index contributed by atoms with van der Waals surface area (Å²) in [6, 6.07) is 0. The first kappa shape index (κ1) is 85.1. The van der Waals surface area contributed by atoms with Crippen LogP contribution in [0, 0.1) is 5.92 Å². The molecule has 0 aromatic carbocycles. The third kappa shape index (κ3) is 62.6. The first-order chi connectivity index (χ1) is 42.0. The van der Waals surface area contributed by atoms with Crippen molar-refractivity contribution in [3.63, 3.8) is 0 Å². The van der Waals surface area contributed by atoms with Crippen LogP contribution in [0.15, 0.2) is 0 Å². The minimum absolute atomic E-state index is 0.107. The Morgan fingerprint density at radius 2 is 0.529 bits per heavy atom. The van der Waals surface area contributed by atoms with E-state index in [-0.39, 0.29) is 25.7 Å². The molecule has 0 aliphatic heterocycles. The lowest BCUT2D eigenvalue weighted by atomic mass is 10.0. The van der Waals surface area contributed by atoms with Gasteiger partial charge in [-0.05, 0) is 31.6 Å². The second-order valence-corrected chi connectivity index (χ2v) is 27.9. The van der Waals surface area contributed by atoms with Crippen molar-refractivity contribution in [2.24, 2.45) is 5.92 Å². The number of carbonyl (C=O) groups excluding carboxylic acids is 4. The van der Waals surface area contributed by atoms with Crippen molar-refractivity contribution in [2.75, 3.05) is 39.6 Å². The lowest BCUT2D eigenvalue weighted by Gasteiger charge is -2.21. The van der Waals surface area contributed by atoms with Crippen molar-refractivity contribution in [3.05, 3.63) is 0 Å². The number of rotatable bonds is 68. The molecule has 0 rings (SSSR count). The van der Waals surface area contributed by atoms with E-state index in [1.165, 1.54) is 173 Å². The third-order valence-electron chi connectivity index (χ3n) is 15.8. The van der Waals surface area contributed by atoms with E-state index >= 15 is 0 Å². The van der Waals surface area contributed by atoms with E-state index in [1.54, 1.807) is 0 Å². The zero-order chi connectivity index (χ0) is 64.2. The van der Waals surface area contributed by atoms with Crippen LogP contribution in [-0.4, -0.2) is 96.7 Å². The number of hydrogen-bond acceptors (Lipinski definition) is 15. The number of esters is 4. The van der Waals surface area contributed by atoms with Gasteiger partial charge in [-0.25, -0.2) is 9.13 Å². The van der Waals surface area contributed by atoms with E-state index in [0.717, 1.165) is 95.8 Å². The summed E-state index contributed by atoms with van der Waals surface area (Å²) in [5.41, 5.74) is 0. The highest BCUT2D eigenvalue weighted by atomic mass is 31.2. The van der Waals surface area contributed by atoms with Crippen LogP contribution < -0.4 is 0 Å². The van der Waals surface area contributed by atoms with Crippen LogP contribution in [0.2, 0.25) is 0 Å². The highest BCUT2D eigenvalue weighted by molar-refractivity contribution is 7.47. The average Bonchev–Trinajstić information content (AvgIpc) is 3.69. The van der Waals surface area contributed by atoms with Gasteiger partial charge in [0.05, 0.1) is 26.4 Å². The summed E-state index contributed by atoms with van der Waals surface area (Å²) >= 11 is 0. The zero-order valence-corrected chi connectivity index (χ0v) is 57.9. The van der Waals surface area contributed by atoms with E-state index in [0.29, 0.717) is 25.7 Å². The van der Waals surface area contributed by atoms with Gasteiger partial charge in [0.2, 0.25) is 0 Å². The number of carbonyl (C=O) groups is 4. The standard InChI is InChI=1S/C68H132O17P2/c1-6-9-12-15-18-21-24-26-28-33-39-44-49-54-68(73)85-64(58-79-66(71)52-47-42-37-34-29-30-35-40-45-50-61(4)5)60-83-87(76,77)81-56-62(69)55-80-86(74,75)82-59-63(57-78-65(70)51-46-41-36-31-23-20-17-14-11-8-3)84-67(72)53-48-43-38-32-27-25-22-19-16-13-10-7-2/h61-64,69H,6-60H2,1-5H3,(H,74,75)(H,76,77)/t62-,63+,64+/m0/s1. The van der Waals surface area contributed by atoms with E-state index < -0.39 is 97.5 Å². The molecular formula is C68H132O17P2. The predicted molar refractivity (Wildman–Crippen MR) is 349 cm³/mol. The van der Waals surface area contributed by atoms with Crippen molar-refractivity contribution in [1.82, 2.24) is 0 Å². The Morgan fingerprint density at radius 3 is 0.782 bits per heavy atom. The maximum atomic E-state index is 13.0. The molecule has 0 fully saturated rings. The molecule has 0 aliphatic carbocycles. The first-order valence-corrected chi connectivity index (χ1v) is 38.6. The minimum Gasteiger partial charge on any atom is -0.462 e. The fraction of sp³-hybridized carbons (Fsp3) is 0.941. The highest BCUT2D eigenvalue weighted by Crippen LogP contribution is 2.45. The monoisotopic (exact) mass is 1280 g/mol. The van der Waals surface area contributed by atoms with Crippen LogP contribution in [0.25, 0.3) is 0 Å². The number of aliphatic hydroxyl groups is 1. The first-order valence-electron chi connectivity index (χ1n) is 35.6. The molecular weight excluding hydrogens is 1150 g/mol. The van der Waals surface area contributed by atoms with Gasteiger partial charge in [0, 0.05) is 25.7 Å². The molecule has 87 heavy (non-hydrogen) atoms. The van der Waals surface area contributed by atoms with Gasteiger partial charge in [-0.1, -0.05) is 298 Å². The summed E-state index contributed by atoms with van der Waals surface area (Å²) in [5, 5.41) is 10.6. The molecule has 0 amide bonds. The Labute approximate surface area is 530 Å². The number of aliphatic hydroxyl groups excluding tert-OH is 1. The van der Waals surface area contributed by atoms with Gasteiger partial charge in [-0.15, -0.1) is 0 Å². The summed E-state index contributed by atoms with van der Waals surface area (Å²) in [6.07, 6.45) is 47.0. The van der Waals surface area contributed by atoms with Gasteiger partial charge in [-0.3, -0.25) is 37.3 Å². The molecule has 0 aliphatic rings. The van der Waals surface area contributed by atoms with Gasteiger partial charge >= 0.3 is 39.5 Å². The lowest BCUT2D eigenvalue weighted by molar-refractivity contribution is -0.161. The van der Waals surface area contributed by atoms with Crippen molar-refractivity contribution < 1.29 is 80.2 Å². The average molecular weight is 1280 g/mol. The largest absolute Gasteiger partial charge is 0.472 e. The fourth-order valence-electron chi connectivity index (χ4n) is 10.3.